The molecule has 74 valence electrons. The summed E-state index contributed by atoms with van der Waals surface area (Å²) in [5.74, 6) is 1.03. The average molecular weight is 182 g/mol. The van der Waals surface area contributed by atoms with E-state index < -0.39 is 0 Å². The second kappa shape index (κ2) is 4.90. The van der Waals surface area contributed by atoms with Gasteiger partial charge in [-0.2, -0.15) is 4.98 Å². The van der Waals surface area contributed by atoms with Gasteiger partial charge in [0.05, 0.1) is 5.69 Å². The molecule has 13 heavy (non-hydrogen) atoms. The fourth-order valence-electron chi connectivity index (χ4n) is 1.30. The fraction of sp³-hybridized carbons (Fsp3) is 0.700. The standard InChI is InChI=1S/C10H18N2O/c1-4-5-6-7-9-8(2)12-10(11-3)13-9/h4-7H2,1-3H3,(H,11,12). The van der Waals surface area contributed by atoms with Crippen molar-refractivity contribution < 1.29 is 4.42 Å². The highest BCUT2D eigenvalue weighted by molar-refractivity contribution is 5.23. The summed E-state index contributed by atoms with van der Waals surface area (Å²) in [5, 5.41) is 2.90. The van der Waals surface area contributed by atoms with E-state index in [0.29, 0.717) is 6.01 Å². The molecular weight excluding hydrogens is 164 g/mol. The number of hydrogen-bond donors (Lipinski definition) is 1. The maximum atomic E-state index is 5.49. The molecule has 0 spiro atoms. The number of hydrogen-bond acceptors (Lipinski definition) is 3. The highest BCUT2D eigenvalue weighted by Gasteiger charge is 2.06. The minimum absolute atomic E-state index is 0.629. The number of aromatic nitrogens is 1. The lowest BCUT2D eigenvalue weighted by Gasteiger charge is -1.95. The van der Waals surface area contributed by atoms with Crippen LogP contribution in [-0.4, -0.2) is 12.0 Å². The van der Waals surface area contributed by atoms with Gasteiger partial charge >= 0.3 is 0 Å². The minimum Gasteiger partial charge on any atom is -0.429 e. The lowest BCUT2D eigenvalue weighted by atomic mass is 10.1. The van der Waals surface area contributed by atoms with Gasteiger partial charge < -0.3 is 9.73 Å². The zero-order valence-corrected chi connectivity index (χ0v) is 8.68. The first-order valence-electron chi connectivity index (χ1n) is 4.92. The molecule has 3 nitrogen and oxygen atoms in total. The Hall–Kier alpha value is -0.990. The van der Waals surface area contributed by atoms with Crippen molar-refractivity contribution in [1.82, 2.24) is 4.98 Å². The largest absolute Gasteiger partial charge is 0.429 e. The molecular formula is C10H18N2O. The Morgan fingerprint density at radius 1 is 1.38 bits per heavy atom. The first kappa shape index (κ1) is 10.1. The molecule has 3 heteroatoms. The Balaban J connectivity index is 2.50. The molecule has 1 aromatic rings. The predicted octanol–water partition coefficient (Wildman–Crippen LogP) is 2.76. The van der Waals surface area contributed by atoms with E-state index in [-0.39, 0.29) is 0 Å². The van der Waals surface area contributed by atoms with Gasteiger partial charge in [-0.1, -0.05) is 19.8 Å². The fourth-order valence-corrected chi connectivity index (χ4v) is 1.30. The topological polar surface area (TPSA) is 38.1 Å². The van der Waals surface area contributed by atoms with Crippen LogP contribution in [0.5, 0.6) is 0 Å². The zero-order chi connectivity index (χ0) is 9.68. The summed E-state index contributed by atoms with van der Waals surface area (Å²) in [6.07, 6.45) is 4.70. The van der Waals surface area contributed by atoms with Gasteiger partial charge in [0.1, 0.15) is 5.76 Å². The zero-order valence-electron chi connectivity index (χ0n) is 8.68. The highest BCUT2D eigenvalue weighted by atomic mass is 16.4. The molecule has 0 radical (unpaired) electrons. The van der Waals surface area contributed by atoms with Crippen molar-refractivity contribution in [1.29, 1.82) is 0 Å². The van der Waals surface area contributed by atoms with Crippen molar-refractivity contribution >= 4 is 6.01 Å². The average Bonchev–Trinajstić information content (AvgIpc) is 2.48. The smallest absolute Gasteiger partial charge is 0.294 e. The van der Waals surface area contributed by atoms with Gasteiger partial charge in [-0.3, -0.25) is 0 Å². The molecule has 0 saturated heterocycles. The Morgan fingerprint density at radius 2 is 2.15 bits per heavy atom. The van der Waals surface area contributed by atoms with Crippen LogP contribution in [0.4, 0.5) is 6.01 Å². The normalized spacial score (nSPS) is 10.4. The van der Waals surface area contributed by atoms with Crippen LogP contribution in [0.1, 0.15) is 37.6 Å². The third-order valence-corrected chi connectivity index (χ3v) is 2.11. The van der Waals surface area contributed by atoms with Crippen molar-refractivity contribution in [3.63, 3.8) is 0 Å². The van der Waals surface area contributed by atoms with Crippen LogP contribution in [0.3, 0.4) is 0 Å². The molecule has 1 heterocycles. The number of nitrogens with one attached hydrogen (secondary N) is 1. The van der Waals surface area contributed by atoms with E-state index in [1.54, 1.807) is 0 Å². The molecule has 0 atom stereocenters. The van der Waals surface area contributed by atoms with Crippen LogP contribution < -0.4 is 5.32 Å². The Bertz CT molecular complexity index is 255. The summed E-state index contributed by atoms with van der Waals surface area (Å²) in [6.45, 7) is 4.19. The number of oxazole rings is 1. The second-order valence-corrected chi connectivity index (χ2v) is 3.23. The van der Waals surface area contributed by atoms with Crippen LogP contribution in [0.15, 0.2) is 4.42 Å². The van der Waals surface area contributed by atoms with Gasteiger partial charge in [0.25, 0.3) is 6.01 Å². The summed E-state index contributed by atoms with van der Waals surface area (Å²) in [6, 6.07) is 0.629. The molecule has 0 aliphatic carbocycles. The van der Waals surface area contributed by atoms with E-state index in [4.69, 9.17) is 4.42 Å². The van der Waals surface area contributed by atoms with Crippen LogP contribution in [0, 0.1) is 6.92 Å². The maximum Gasteiger partial charge on any atom is 0.294 e. The third-order valence-electron chi connectivity index (χ3n) is 2.11. The van der Waals surface area contributed by atoms with Crippen molar-refractivity contribution in [3.05, 3.63) is 11.5 Å². The van der Waals surface area contributed by atoms with E-state index >= 15 is 0 Å². The molecule has 0 fully saturated rings. The lowest BCUT2D eigenvalue weighted by molar-refractivity contribution is 0.504. The number of rotatable bonds is 5. The van der Waals surface area contributed by atoms with Gasteiger partial charge in [-0.25, -0.2) is 0 Å². The van der Waals surface area contributed by atoms with Crippen molar-refractivity contribution in [2.75, 3.05) is 12.4 Å². The number of aryl methyl sites for hydroxylation is 2. The van der Waals surface area contributed by atoms with Gasteiger partial charge in [0.2, 0.25) is 0 Å². The van der Waals surface area contributed by atoms with Crippen molar-refractivity contribution in [3.8, 4) is 0 Å². The van der Waals surface area contributed by atoms with Crippen LogP contribution in [0.2, 0.25) is 0 Å². The SMILES string of the molecule is CCCCCc1oc(NC)nc1C. The number of unbranched alkanes of at least 4 members (excludes halogenated alkanes) is 2. The molecule has 1 N–H and O–H groups in total. The summed E-state index contributed by atoms with van der Waals surface area (Å²) < 4.78 is 5.49. The second-order valence-electron chi connectivity index (χ2n) is 3.23. The summed E-state index contributed by atoms with van der Waals surface area (Å²) in [4.78, 5) is 4.23. The van der Waals surface area contributed by atoms with E-state index in [9.17, 15) is 0 Å². The van der Waals surface area contributed by atoms with Crippen molar-refractivity contribution in [2.24, 2.45) is 0 Å². The molecule has 0 aliphatic rings. The molecule has 0 aromatic carbocycles. The summed E-state index contributed by atoms with van der Waals surface area (Å²) >= 11 is 0. The van der Waals surface area contributed by atoms with E-state index in [2.05, 4.69) is 17.2 Å². The summed E-state index contributed by atoms with van der Waals surface area (Å²) in [7, 11) is 1.82. The molecule has 0 aliphatic heterocycles. The Kier molecular flexibility index (Phi) is 3.80. The van der Waals surface area contributed by atoms with Crippen molar-refractivity contribution in [2.45, 2.75) is 39.5 Å². The monoisotopic (exact) mass is 182 g/mol. The van der Waals surface area contributed by atoms with E-state index in [1.807, 2.05) is 14.0 Å². The van der Waals surface area contributed by atoms with E-state index in [0.717, 1.165) is 17.9 Å². The Labute approximate surface area is 79.5 Å². The Morgan fingerprint density at radius 3 is 2.69 bits per heavy atom. The predicted molar refractivity (Wildman–Crippen MR) is 54.0 cm³/mol. The van der Waals surface area contributed by atoms with Crippen LogP contribution in [0.25, 0.3) is 0 Å². The molecule has 1 aromatic heterocycles. The number of nitrogens with zero attached hydrogens (tertiary/aromatic N) is 1. The molecule has 0 unspecified atom stereocenters. The first-order chi connectivity index (χ1) is 6.27. The van der Waals surface area contributed by atoms with Gasteiger partial charge in [-0.05, 0) is 13.3 Å². The van der Waals surface area contributed by atoms with E-state index in [1.165, 1.54) is 19.3 Å². The molecule has 0 amide bonds. The van der Waals surface area contributed by atoms with Gasteiger partial charge in [-0.15, -0.1) is 0 Å². The van der Waals surface area contributed by atoms with Gasteiger partial charge in [0, 0.05) is 13.5 Å². The van der Waals surface area contributed by atoms with Crippen LogP contribution >= 0.6 is 0 Å². The first-order valence-corrected chi connectivity index (χ1v) is 4.92. The highest BCUT2D eigenvalue weighted by Crippen LogP contribution is 2.16. The third kappa shape index (κ3) is 2.76. The van der Waals surface area contributed by atoms with Crippen LogP contribution in [-0.2, 0) is 6.42 Å². The molecule has 0 saturated carbocycles. The summed E-state index contributed by atoms with van der Waals surface area (Å²) in [5.41, 5.74) is 1.01. The molecule has 1 rings (SSSR count). The van der Waals surface area contributed by atoms with Gasteiger partial charge in [0.15, 0.2) is 0 Å². The number of anilines is 1. The quantitative estimate of drug-likeness (QED) is 0.711. The molecule has 0 bridgehead atoms. The minimum atomic E-state index is 0.629. The maximum absolute atomic E-state index is 5.49. The lowest BCUT2D eigenvalue weighted by Crippen LogP contribution is -1.86.